The van der Waals surface area contributed by atoms with Crippen LogP contribution in [0.1, 0.15) is 20.8 Å². The molecule has 3 nitrogen and oxygen atoms in total. The predicted octanol–water partition coefficient (Wildman–Crippen LogP) is 0.662. The summed E-state index contributed by atoms with van der Waals surface area (Å²) in [4.78, 5) is 10.4. The highest BCUT2D eigenvalue weighted by molar-refractivity contribution is 5.74. The zero-order valence-electron chi connectivity index (χ0n) is 8.00. The van der Waals surface area contributed by atoms with Crippen molar-refractivity contribution in [2.45, 2.75) is 26.8 Å². The van der Waals surface area contributed by atoms with E-state index in [1.165, 1.54) is 0 Å². The van der Waals surface area contributed by atoms with Gasteiger partial charge in [0, 0.05) is 24.4 Å². The lowest BCUT2D eigenvalue weighted by molar-refractivity contribution is -0.105. The van der Waals surface area contributed by atoms with Gasteiger partial charge in [-0.15, -0.1) is 0 Å². The first-order chi connectivity index (χ1) is 5.57. The first-order valence-electron chi connectivity index (χ1n) is 4.22. The van der Waals surface area contributed by atoms with Crippen molar-refractivity contribution in [3.05, 3.63) is 11.8 Å². The minimum absolute atomic E-state index is 0.192. The van der Waals surface area contributed by atoms with Gasteiger partial charge in [-0.2, -0.15) is 0 Å². The van der Waals surface area contributed by atoms with E-state index in [-0.39, 0.29) is 6.04 Å². The molecule has 0 heterocycles. The standard InChI is InChI=1S/C9H18N2O/c1-7(2)4-11-5-9(6-12)8(3)10/h5-8,11H,4,10H2,1-3H3/b9-5-. The van der Waals surface area contributed by atoms with E-state index in [1.807, 2.05) is 0 Å². The molecule has 0 saturated carbocycles. The van der Waals surface area contributed by atoms with Crippen LogP contribution in [-0.4, -0.2) is 18.9 Å². The molecule has 0 fully saturated rings. The van der Waals surface area contributed by atoms with E-state index in [9.17, 15) is 4.79 Å². The lowest BCUT2D eigenvalue weighted by atomic mass is 10.2. The Kier molecular flexibility index (Phi) is 5.37. The lowest BCUT2D eigenvalue weighted by Gasteiger charge is -2.07. The molecular weight excluding hydrogens is 152 g/mol. The van der Waals surface area contributed by atoms with Crippen molar-refractivity contribution in [3.8, 4) is 0 Å². The molecule has 0 rings (SSSR count). The van der Waals surface area contributed by atoms with Crippen LogP contribution < -0.4 is 11.1 Å². The largest absolute Gasteiger partial charge is 0.390 e. The SMILES string of the molecule is CC(C)CN/C=C(/C=O)C(C)N. The number of nitrogens with two attached hydrogens (primary N) is 1. The highest BCUT2D eigenvalue weighted by atomic mass is 16.1. The molecular formula is C9H18N2O. The summed E-state index contributed by atoms with van der Waals surface area (Å²) in [6.07, 6.45) is 2.48. The van der Waals surface area contributed by atoms with E-state index in [0.717, 1.165) is 12.8 Å². The van der Waals surface area contributed by atoms with Gasteiger partial charge in [0.1, 0.15) is 6.29 Å². The van der Waals surface area contributed by atoms with E-state index in [0.29, 0.717) is 11.5 Å². The molecule has 0 spiro atoms. The fraction of sp³-hybridized carbons (Fsp3) is 0.667. The van der Waals surface area contributed by atoms with Crippen LogP contribution in [0.25, 0.3) is 0 Å². The molecule has 0 aromatic heterocycles. The maximum Gasteiger partial charge on any atom is 0.149 e. The summed E-state index contributed by atoms with van der Waals surface area (Å²) in [5.41, 5.74) is 6.13. The molecule has 1 unspecified atom stereocenters. The molecule has 3 heteroatoms. The third-order valence-corrected chi connectivity index (χ3v) is 1.46. The molecule has 0 aliphatic rings. The monoisotopic (exact) mass is 170 g/mol. The van der Waals surface area contributed by atoms with Crippen LogP contribution in [0, 0.1) is 5.92 Å². The normalized spacial score (nSPS) is 14.6. The van der Waals surface area contributed by atoms with Crippen molar-refractivity contribution in [1.82, 2.24) is 5.32 Å². The van der Waals surface area contributed by atoms with Crippen LogP contribution in [0.4, 0.5) is 0 Å². The summed E-state index contributed by atoms with van der Waals surface area (Å²) in [7, 11) is 0. The maximum atomic E-state index is 10.4. The topological polar surface area (TPSA) is 55.1 Å². The van der Waals surface area contributed by atoms with E-state index in [1.54, 1.807) is 13.1 Å². The molecule has 3 N–H and O–H groups in total. The van der Waals surface area contributed by atoms with Gasteiger partial charge in [-0.05, 0) is 12.8 Å². The Labute approximate surface area is 74.0 Å². The minimum atomic E-state index is -0.192. The summed E-state index contributed by atoms with van der Waals surface area (Å²) < 4.78 is 0. The molecule has 0 bridgehead atoms. The maximum absolute atomic E-state index is 10.4. The number of nitrogens with one attached hydrogen (secondary N) is 1. The van der Waals surface area contributed by atoms with Crippen LogP contribution in [0.15, 0.2) is 11.8 Å². The predicted molar refractivity (Wildman–Crippen MR) is 50.6 cm³/mol. The third kappa shape index (κ3) is 4.91. The Morgan fingerprint density at radius 1 is 1.50 bits per heavy atom. The van der Waals surface area contributed by atoms with Gasteiger partial charge in [0.2, 0.25) is 0 Å². The fourth-order valence-corrected chi connectivity index (χ4v) is 0.685. The van der Waals surface area contributed by atoms with E-state index < -0.39 is 0 Å². The average Bonchev–Trinajstić information content (AvgIpc) is 1.96. The Bertz CT molecular complexity index is 162. The highest BCUT2D eigenvalue weighted by Crippen LogP contribution is 1.93. The van der Waals surface area contributed by atoms with Gasteiger partial charge < -0.3 is 11.1 Å². The molecule has 12 heavy (non-hydrogen) atoms. The number of rotatable bonds is 5. The van der Waals surface area contributed by atoms with Crippen LogP contribution in [-0.2, 0) is 4.79 Å². The Morgan fingerprint density at radius 2 is 2.08 bits per heavy atom. The van der Waals surface area contributed by atoms with Crippen molar-refractivity contribution >= 4 is 6.29 Å². The third-order valence-electron chi connectivity index (χ3n) is 1.46. The van der Waals surface area contributed by atoms with Crippen LogP contribution in [0.3, 0.4) is 0 Å². The van der Waals surface area contributed by atoms with E-state index in [2.05, 4.69) is 19.2 Å². The molecule has 0 aromatic carbocycles. The van der Waals surface area contributed by atoms with Crippen molar-refractivity contribution in [2.75, 3.05) is 6.54 Å². The van der Waals surface area contributed by atoms with Gasteiger partial charge in [0.25, 0.3) is 0 Å². The van der Waals surface area contributed by atoms with Crippen LogP contribution in [0.5, 0.6) is 0 Å². The number of carbonyl (C=O) groups excluding carboxylic acids is 1. The molecule has 0 aliphatic heterocycles. The summed E-state index contributed by atoms with van der Waals surface area (Å²) in [6.45, 7) is 6.86. The summed E-state index contributed by atoms with van der Waals surface area (Å²) >= 11 is 0. The van der Waals surface area contributed by atoms with Crippen LogP contribution >= 0.6 is 0 Å². The highest BCUT2D eigenvalue weighted by Gasteiger charge is 2.00. The first kappa shape index (κ1) is 11.2. The summed E-state index contributed by atoms with van der Waals surface area (Å²) in [6, 6.07) is -0.192. The number of hydrogen-bond acceptors (Lipinski definition) is 3. The smallest absolute Gasteiger partial charge is 0.149 e. The molecule has 0 aromatic rings. The number of hydrogen-bond donors (Lipinski definition) is 2. The second-order valence-electron chi connectivity index (χ2n) is 3.35. The fourth-order valence-electron chi connectivity index (χ4n) is 0.685. The number of aldehydes is 1. The molecule has 70 valence electrons. The molecule has 0 radical (unpaired) electrons. The summed E-state index contributed by atoms with van der Waals surface area (Å²) in [5.74, 6) is 0.572. The zero-order chi connectivity index (χ0) is 9.56. The van der Waals surface area contributed by atoms with Crippen molar-refractivity contribution in [2.24, 2.45) is 11.7 Å². The number of carbonyl (C=O) groups is 1. The zero-order valence-corrected chi connectivity index (χ0v) is 8.00. The van der Waals surface area contributed by atoms with Crippen LogP contribution in [0.2, 0.25) is 0 Å². The second kappa shape index (κ2) is 5.77. The van der Waals surface area contributed by atoms with Gasteiger partial charge in [-0.1, -0.05) is 13.8 Å². The van der Waals surface area contributed by atoms with E-state index >= 15 is 0 Å². The molecule has 0 amide bonds. The van der Waals surface area contributed by atoms with Gasteiger partial charge >= 0.3 is 0 Å². The van der Waals surface area contributed by atoms with Crippen molar-refractivity contribution < 1.29 is 4.79 Å². The van der Waals surface area contributed by atoms with Gasteiger partial charge in [0.05, 0.1) is 0 Å². The van der Waals surface area contributed by atoms with Gasteiger partial charge in [-0.25, -0.2) is 0 Å². The molecule has 0 saturated heterocycles. The second-order valence-corrected chi connectivity index (χ2v) is 3.35. The van der Waals surface area contributed by atoms with Gasteiger partial charge in [0.15, 0.2) is 0 Å². The Balaban J connectivity index is 3.86. The first-order valence-corrected chi connectivity index (χ1v) is 4.22. The van der Waals surface area contributed by atoms with Gasteiger partial charge in [-0.3, -0.25) is 4.79 Å². The lowest BCUT2D eigenvalue weighted by Crippen LogP contribution is -2.22. The van der Waals surface area contributed by atoms with E-state index in [4.69, 9.17) is 5.73 Å². The quantitative estimate of drug-likeness (QED) is 0.471. The van der Waals surface area contributed by atoms with Crippen molar-refractivity contribution in [3.63, 3.8) is 0 Å². The minimum Gasteiger partial charge on any atom is -0.390 e. The molecule has 0 aliphatic carbocycles. The van der Waals surface area contributed by atoms with Crippen molar-refractivity contribution in [1.29, 1.82) is 0 Å². The molecule has 1 atom stereocenters. The average molecular weight is 170 g/mol. The summed E-state index contributed by atoms with van der Waals surface area (Å²) in [5, 5.41) is 3.04. The Hall–Kier alpha value is -0.830. The Morgan fingerprint density at radius 3 is 2.42 bits per heavy atom.